The van der Waals surface area contributed by atoms with Gasteiger partial charge in [-0.05, 0) is 72.6 Å². The van der Waals surface area contributed by atoms with E-state index in [-0.39, 0.29) is 33.3 Å². The van der Waals surface area contributed by atoms with E-state index in [4.69, 9.17) is 46.1 Å². The molecule has 18 nitrogen and oxygen atoms in total. The highest BCUT2D eigenvalue weighted by molar-refractivity contribution is 6.30. The van der Waals surface area contributed by atoms with Crippen LogP contribution in [0.4, 0.5) is 23.0 Å². The number of nitrogen functional groups attached to an aromatic ring is 4. The van der Waals surface area contributed by atoms with Crippen LogP contribution in [0.25, 0.3) is 0 Å². The zero-order valence-corrected chi connectivity index (χ0v) is 38.2. The van der Waals surface area contributed by atoms with Crippen molar-refractivity contribution in [2.45, 2.75) is 89.5 Å². The van der Waals surface area contributed by atoms with Crippen LogP contribution < -0.4 is 22.9 Å². The van der Waals surface area contributed by atoms with Crippen molar-refractivity contribution >= 4 is 70.1 Å². The van der Waals surface area contributed by atoms with Gasteiger partial charge in [-0.1, -0.05) is 45.7 Å². The van der Waals surface area contributed by atoms with Gasteiger partial charge in [0.05, 0.1) is 28.4 Å². The van der Waals surface area contributed by atoms with Crippen LogP contribution in [0, 0.1) is 55.4 Å². The summed E-state index contributed by atoms with van der Waals surface area (Å²) in [5.74, 6) is -1.09. The number of anilines is 4. The fraction of sp³-hybridized carbons (Fsp3) is 0.436. The largest absolute Gasteiger partial charge is 0.464 e. The molecule has 0 amide bonds. The lowest BCUT2D eigenvalue weighted by molar-refractivity contribution is 0.0584. The third-order valence-electron chi connectivity index (χ3n) is 7.63. The molecule has 0 fully saturated rings. The van der Waals surface area contributed by atoms with E-state index in [1.807, 2.05) is 27.7 Å². The highest BCUT2D eigenvalue weighted by Crippen LogP contribution is 2.25. The van der Waals surface area contributed by atoms with Crippen molar-refractivity contribution in [3.8, 4) is 0 Å². The van der Waals surface area contributed by atoms with E-state index >= 15 is 0 Å². The molecule has 4 aromatic heterocycles. The zero-order valence-electron chi connectivity index (χ0n) is 36.7. The molecule has 0 saturated carbocycles. The van der Waals surface area contributed by atoms with Crippen LogP contribution in [0.15, 0.2) is 0 Å². The molecule has 0 aliphatic rings. The second-order valence-electron chi connectivity index (χ2n) is 11.8. The smallest absolute Gasteiger partial charge is 0.357 e. The summed E-state index contributed by atoms with van der Waals surface area (Å²) in [6.45, 7) is 22.1. The number of carbonyl (C=O) groups excluding carboxylic acids is 4. The molecule has 0 bridgehead atoms. The van der Waals surface area contributed by atoms with Crippen molar-refractivity contribution in [3.05, 3.63) is 78.1 Å². The minimum absolute atomic E-state index is 0.0662. The molecule has 59 heavy (non-hydrogen) atoms. The van der Waals surface area contributed by atoms with E-state index in [9.17, 15) is 19.2 Å². The molecule has 0 aliphatic heterocycles. The zero-order chi connectivity index (χ0) is 46.5. The van der Waals surface area contributed by atoms with E-state index < -0.39 is 23.9 Å². The third kappa shape index (κ3) is 16.1. The minimum Gasteiger partial charge on any atom is -0.464 e. The van der Waals surface area contributed by atoms with E-state index in [0.29, 0.717) is 56.5 Å². The number of aromatic nitrogens is 6. The SMILES string of the molecule is CC.CCC.COC(=O)c1nc(C)c(C)c(N)c1C.COC(=O)c1nc(C)nc(N)c1C.COC(=O)c1nc(Cl)c(C)c(N)c1C.COC(=O)c1nc(Cl)nc(N)c1C. The highest BCUT2D eigenvalue weighted by Gasteiger charge is 2.19. The van der Waals surface area contributed by atoms with Crippen molar-refractivity contribution in [1.82, 2.24) is 29.9 Å². The summed E-state index contributed by atoms with van der Waals surface area (Å²) in [7, 11) is 5.17. The Balaban J connectivity index is 0. The van der Waals surface area contributed by atoms with Gasteiger partial charge in [-0.3, -0.25) is 0 Å². The van der Waals surface area contributed by atoms with E-state index in [1.54, 1.807) is 41.5 Å². The van der Waals surface area contributed by atoms with Crippen molar-refractivity contribution in [2.24, 2.45) is 0 Å². The number of hydrogen-bond acceptors (Lipinski definition) is 18. The Bertz CT molecular complexity index is 1940. The maximum Gasteiger partial charge on any atom is 0.357 e. The van der Waals surface area contributed by atoms with Crippen LogP contribution >= 0.6 is 23.2 Å². The molecule has 8 N–H and O–H groups in total. The quantitative estimate of drug-likeness (QED) is 0.0709. The maximum atomic E-state index is 11.3. The van der Waals surface area contributed by atoms with Crippen LogP contribution in [0.2, 0.25) is 10.4 Å². The first kappa shape index (κ1) is 55.2. The summed E-state index contributed by atoms with van der Waals surface area (Å²) in [5.41, 5.74) is 29.1. The first-order valence-corrected chi connectivity index (χ1v) is 18.7. The van der Waals surface area contributed by atoms with Gasteiger partial charge in [0.15, 0.2) is 22.8 Å². The number of rotatable bonds is 4. The molecule has 20 heteroatoms. The molecule has 0 unspecified atom stereocenters. The van der Waals surface area contributed by atoms with Gasteiger partial charge >= 0.3 is 23.9 Å². The standard InChI is InChI=1S/C10H14N2O2.C9H11ClN2O2.C8H11N3O2.C7H8ClN3O2.C3H8.C2H6/c1-5-7(3)12-9(10(13)14-4)6(2)8(5)11;1-4-6(11)5(2)8(10)12-7(4)9(13)14-3;1-4-6(8(12)13-3)10-5(2)11-7(4)9;1-3-4(6(12)13-2)10-7(8)11-5(3)9;1-3-2;1-2/h1-4H3,(H2,11,12);1-3H3,(H2,11,12);1-3H3,(H2,9,10,11);1-2H3,(H2,9,10,11);3H2,1-2H3;1-2H3. The molecule has 4 heterocycles. The number of methoxy groups -OCH3 is 4. The van der Waals surface area contributed by atoms with Gasteiger partial charge in [0, 0.05) is 44.9 Å². The molecule has 0 aromatic carbocycles. The van der Waals surface area contributed by atoms with Crippen molar-refractivity contribution < 1.29 is 38.1 Å². The Hall–Kier alpha value is -5.88. The molecule has 4 aromatic rings. The topological polar surface area (TPSA) is 287 Å². The van der Waals surface area contributed by atoms with Crippen LogP contribution in [0.5, 0.6) is 0 Å². The van der Waals surface area contributed by atoms with Gasteiger partial charge in [0.1, 0.15) is 22.6 Å². The lowest BCUT2D eigenvalue weighted by Gasteiger charge is -2.10. The predicted octanol–water partition coefficient (Wildman–Crippen LogP) is 6.81. The minimum atomic E-state index is -0.575. The predicted molar refractivity (Wildman–Crippen MR) is 231 cm³/mol. The maximum absolute atomic E-state index is 11.3. The average Bonchev–Trinajstić information content (AvgIpc) is 3.22. The number of nitrogens with zero attached hydrogens (tertiary/aromatic N) is 6. The Morgan fingerprint density at radius 2 is 0.797 bits per heavy atom. The average molecular weight is 866 g/mol. The number of esters is 4. The summed E-state index contributed by atoms with van der Waals surface area (Å²) in [6, 6.07) is 0. The number of halogens is 2. The van der Waals surface area contributed by atoms with E-state index in [1.165, 1.54) is 34.9 Å². The van der Waals surface area contributed by atoms with E-state index in [2.05, 4.69) is 62.7 Å². The molecule has 0 aliphatic carbocycles. The summed E-state index contributed by atoms with van der Waals surface area (Å²) in [5, 5.41) is 0.164. The fourth-order valence-corrected chi connectivity index (χ4v) is 4.42. The molecule has 4 rings (SSSR count). The monoisotopic (exact) mass is 864 g/mol. The normalized spacial score (nSPS) is 9.46. The number of pyridine rings is 2. The van der Waals surface area contributed by atoms with Crippen LogP contribution in [-0.4, -0.2) is 82.2 Å². The lowest BCUT2D eigenvalue weighted by Crippen LogP contribution is -2.11. The number of aryl methyl sites for hydroxylation is 2. The molecule has 0 atom stereocenters. The first-order valence-electron chi connectivity index (χ1n) is 17.9. The highest BCUT2D eigenvalue weighted by atomic mass is 35.5. The summed E-state index contributed by atoms with van der Waals surface area (Å²) in [4.78, 5) is 68.1. The molecule has 326 valence electrons. The van der Waals surface area contributed by atoms with Gasteiger partial charge < -0.3 is 41.9 Å². The second kappa shape index (κ2) is 26.9. The van der Waals surface area contributed by atoms with Crippen LogP contribution in [-0.2, 0) is 18.9 Å². The molecular weight excluding hydrogens is 807 g/mol. The van der Waals surface area contributed by atoms with Gasteiger partial charge in [-0.25, -0.2) is 49.1 Å². The Morgan fingerprint density at radius 1 is 0.475 bits per heavy atom. The van der Waals surface area contributed by atoms with Crippen molar-refractivity contribution in [2.75, 3.05) is 51.4 Å². The Labute approximate surface area is 356 Å². The van der Waals surface area contributed by atoms with Crippen molar-refractivity contribution in [1.29, 1.82) is 0 Å². The Morgan fingerprint density at radius 3 is 1.19 bits per heavy atom. The summed E-state index contributed by atoms with van der Waals surface area (Å²) < 4.78 is 18.2. The summed E-state index contributed by atoms with van der Waals surface area (Å²) >= 11 is 11.3. The number of carbonyl (C=O) groups is 4. The van der Waals surface area contributed by atoms with Crippen molar-refractivity contribution in [3.63, 3.8) is 0 Å². The number of nitrogens with two attached hydrogens (primary N) is 4. The Kier molecular flexibility index (Phi) is 25.2. The first-order chi connectivity index (χ1) is 27.5. The molecule has 0 spiro atoms. The number of ether oxygens (including phenoxy) is 4. The van der Waals surface area contributed by atoms with E-state index in [0.717, 1.165) is 11.3 Å². The molecule has 0 radical (unpaired) electrons. The molecular formula is C39H58Cl2N10O8. The third-order valence-corrected chi connectivity index (χ3v) is 8.17. The number of hydrogen-bond donors (Lipinski definition) is 4. The fourth-order valence-electron chi connectivity index (χ4n) is 4.06. The van der Waals surface area contributed by atoms with Gasteiger partial charge in [0.2, 0.25) is 5.28 Å². The van der Waals surface area contributed by atoms with Gasteiger partial charge in [-0.15, -0.1) is 0 Å². The second-order valence-corrected chi connectivity index (χ2v) is 12.5. The lowest BCUT2D eigenvalue weighted by atomic mass is 10.1. The summed E-state index contributed by atoms with van der Waals surface area (Å²) in [6.07, 6.45) is 1.25. The van der Waals surface area contributed by atoms with Gasteiger partial charge in [-0.2, -0.15) is 0 Å². The van der Waals surface area contributed by atoms with Crippen LogP contribution in [0.1, 0.15) is 121 Å². The van der Waals surface area contributed by atoms with Crippen LogP contribution in [0.3, 0.4) is 0 Å². The van der Waals surface area contributed by atoms with Gasteiger partial charge in [0.25, 0.3) is 0 Å². The molecule has 0 saturated heterocycles.